The van der Waals surface area contributed by atoms with Gasteiger partial charge in [0, 0.05) is 16.5 Å². The van der Waals surface area contributed by atoms with Crippen molar-refractivity contribution in [1.29, 1.82) is 0 Å². The largest absolute Gasteiger partial charge is 0.497 e. The van der Waals surface area contributed by atoms with Crippen LogP contribution in [0.25, 0.3) is 5.69 Å². The molecule has 4 rings (SSSR count). The van der Waals surface area contributed by atoms with Crippen molar-refractivity contribution in [3.05, 3.63) is 74.7 Å². The van der Waals surface area contributed by atoms with Gasteiger partial charge >= 0.3 is 10.8 Å². The molecule has 5 nitrogen and oxygen atoms in total. The molecule has 0 spiro atoms. The first kappa shape index (κ1) is 18.8. The fourth-order valence-electron chi connectivity index (χ4n) is 3.51. The van der Waals surface area contributed by atoms with E-state index in [4.69, 9.17) is 9.47 Å². The molecule has 1 aliphatic heterocycles. The first-order valence-electron chi connectivity index (χ1n) is 8.79. The lowest BCUT2D eigenvalue weighted by molar-refractivity contribution is -0.145. The Hall–Kier alpha value is -2.51. The van der Waals surface area contributed by atoms with Crippen LogP contribution in [0.4, 0.5) is 0 Å². The Kier molecular flexibility index (Phi) is 5.28. The zero-order valence-electron chi connectivity index (χ0n) is 15.5. The standard InChI is InChI=1S/C21H19NO4S2/c1-25-15-10-8-13(9-11-15)17-16(20(23)26-2)12-27-19-18(17)28-21(24)22(19)14-6-4-3-5-7-14/h3-11,16-17H,12H2,1-2H3. The SMILES string of the molecule is COC(=O)C1CSc2c(sc(=O)n2-c2ccccc2)C1c1ccc(OC)cc1. The Morgan fingerprint density at radius 2 is 1.79 bits per heavy atom. The van der Waals surface area contributed by atoms with Gasteiger partial charge in [-0.2, -0.15) is 0 Å². The molecule has 0 N–H and O–H groups in total. The third kappa shape index (κ3) is 3.25. The summed E-state index contributed by atoms with van der Waals surface area (Å²) in [7, 11) is 3.03. The van der Waals surface area contributed by atoms with E-state index in [0.717, 1.165) is 26.9 Å². The molecule has 0 saturated heterocycles. The quantitative estimate of drug-likeness (QED) is 0.607. The molecule has 0 aliphatic carbocycles. The lowest BCUT2D eigenvalue weighted by Crippen LogP contribution is -2.29. The van der Waals surface area contributed by atoms with Gasteiger partial charge in [-0.05, 0) is 29.8 Å². The van der Waals surface area contributed by atoms with Crippen molar-refractivity contribution in [3.63, 3.8) is 0 Å². The maximum absolute atomic E-state index is 12.9. The number of thioether (sulfide) groups is 1. The van der Waals surface area contributed by atoms with Gasteiger partial charge in [0.15, 0.2) is 0 Å². The molecule has 144 valence electrons. The predicted octanol–water partition coefficient (Wildman–Crippen LogP) is 3.93. The van der Waals surface area contributed by atoms with Crippen molar-refractivity contribution in [2.24, 2.45) is 5.92 Å². The first-order valence-corrected chi connectivity index (χ1v) is 10.6. The number of hydrogen-bond acceptors (Lipinski definition) is 6. The van der Waals surface area contributed by atoms with Crippen molar-refractivity contribution in [2.45, 2.75) is 10.9 Å². The van der Waals surface area contributed by atoms with E-state index in [2.05, 4.69) is 0 Å². The summed E-state index contributed by atoms with van der Waals surface area (Å²) in [5.74, 6) is 0.472. The lowest BCUT2D eigenvalue weighted by atomic mass is 9.85. The summed E-state index contributed by atoms with van der Waals surface area (Å²) in [4.78, 5) is 26.2. The fraction of sp³-hybridized carbons (Fsp3) is 0.238. The minimum Gasteiger partial charge on any atom is -0.497 e. The molecule has 3 aromatic rings. The van der Waals surface area contributed by atoms with Crippen LogP contribution in [0.1, 0.15) is 16.4 Å². The number of carbonyl (C=O) groups is 1. The normalized spacial score (nSPS) is 18.4. The van der Waals surface area contributed by atoms with Gasteiger partial charge in [-0.25, -0.2) is 0 Å². The lowest BCUT2D eigenvalue weighted by Gasteiger charge is -2.30. The van der Waals surface area contributed by atoms with Gasteiger partial charge in [-0.15, -0.1) is 11.8 Å². The van der Waals surface area contributed by atoms with Gasteiger partial charge in [0.1, 0.15) is 5.75 Å². The molecule has 7 heteroatoms. The second kappa shape index (κ2) is 7.85. The van der Waals surface area contributed by atoms with E-state index in [9.17, 15) is 9.59 Å². The number of para-hydroxylation sites is 1. The van der Waals surface area contributed by atoms with Crippen LogP contribution in [-0.4, -0.2) is 30.5 Å². The average Bonchev–Trinajstić information content (AvgIpc) is 3.09. The Morgan fingerprint density at radius 3 is 2.43 bits per heavy atom. The predicted molar refractivity (Wildman–Crippen MR) is 111 cm³/mol. The Balaban J connectivity index is 1.87. The van der Waals surface area contributed by atoms with Crippen LogP contribution in [0.15, 0.2) is 64.4 Å². The molecule has 0 saturated carbocycles. The Labute approximate surface area is 170 Å². The molecule has 0 bridgehead atoms. The van der Waals surface area contributed by atoms with Gasteiger partial charge < -0.3 is 9.47 Å². The van der Waals surface area contributed by atoms with Crippen molar-refractivity contribution >= 4 is 29.1 Å². The summed E-state index contributed by atoms with van der Waals surface area (Å²) >= 11 is 2.74. The second-order valence-electron chi connectivity index (χ2n) is 6.40. The number of aromatic nitrogens is 1. The van der Waals surface area contributed by atoms with Crippen LogP contribution < -0.4 is 9.61 Å². The van der Waals surface area contributed by atoms with Crippen LogP contribution in [0.2, 0.25) is 0 Å². The number of benzene rings is 2. The maximum Gasteiger partial charge on any atom is 0.312 e. The van der Waals surface area contributed by atoms with E-state index in [1.807, 2.05) is 54.6 Å². The smallest absolute Gasteiger partial charge is 0.312 e. The summed E-state index contributed by atoms with van der Waals surface area (Å²) in [5.41, 5.74) is 1.81. The highest BCUT2D eigenvalue weighted by Crippen LogP contribution is 2.47. The van der Waals surface area contributed by atoms with Crippen molar-refractivity contribution in [2.75, 3.05) is 20.0 Å². The van der Waals surface area contributed by atoms with Crippen LogP contribution >= 0.6 is 23.1 Å². The number of esters is 1. The average molecular weight is 414 g/mol. The summed E-state index contributed by atoms with van der Waals surface area (Å²) in [6, 6.07) is 17.3. The molecule has 0 amide bonds. The minimum absolute atomic E-state index is 0.0484. The summed E-state index contributed by atoms with van der Waals surface area (Å²) in [6.07, 6.45) is 0. The molecule has 2 heterocycles. The molecule has 2 aromatic carbocycles. The summed E-state index contributed by atoms with van der Waals surface area (Å²) < 4.78 is 12.1. The number of nitrogens with zero attached hydrogens (tertiary/aromatic N) is 1. The molecule has 28 heavy (non-hydrogen) atoms. The monoisotopic (exact) mass is 413 g/mol. The molecule has 2 unspecified atom stereocenters. The zero-order valence-corrected chi connectivity index (χ0v) is 17.1. The van der Waals surface area contributed by atoms with Gasteiger partial charge in [0.05, 0.1) is 30.9 Å². The molecule has 1 aromatic heterocycles. The van der Waals surface area contributed by atoms with E-state index in [0.29, 0.717) is 5.75 Å². The van der Waals surface area contributed by atoms with E-state index in [-0.39, 0.29) is 22.7 Å². The van der Waals surface area contributed by atoms with Gasteiger partial charge in [-0.3, -0.25) is 14.2 Å². The van der Waals surface area contributed by atoms with Crippen LogP contribution in [0, 0.1) is 5.92 Å². The minimum atomic E-state index is -0.349. The molecular weight excluding hydrogens is 394 g/mol. The van der Waals surface area contributed by atoms with E-state index in [1.165, 1.54) is 30.2 Å². The molecule has 0 fully saturated rings. The fourth-order valence-corrected chi connectivity index (χ4v) is 6.20. The van der Waals surface area contributed by atoms with Crippen molar-refractivity contribution < 1.29 is 14.3 Å². The number of fused-ring (bicyclic) bond motifs is 1. The third-order valence-corrected chi connectivity index (χ3v) is 7.23. The number of thiazole rings is 1. The number of hydrogen-bond donors (Lipinski definition) is 0. The van der Waals surface area contributed by atoms with Crippen LogP contribution in [0.3, 0.4) is 0 Å². The van der Waals surface area contributed by atoms with Crippen LogP contribution in [0.5, 0.6) is 5.75 Å². The number of methoxy groups -OCH3 is 2. The van der Waals surface area contributed by atoms with Crippen molar-refractivity contribution in [1.82, 2.24) is 4.57 Å². The molecule has 2 atom stereocenters. The molecule has 0 radical (unpaired) electrons. The first-order chi connectivity index (χ1) is 13.6. The summed E-state index contributed by atoms with van der Waals surface area (Å²) in [6.45, 7) is 0. The number of carbonyl (C=O) groups excluding carboxylic acids is 1. The third-order valence-electron chi connectivity index (χ3n) is 4.87. The number of rotatable bonds is 4. The maximum atomic E-state index is 12.9. The van der Waals surface area contributed by atoms with Crippen LogP contribution in [-0.2, 0) is 9.53 Å². The summed E-state index contributed by atoms with van der Waals surface area (Å²) in [5, 5.41) is 0.905. The zero-order chi connectivity index (χ0) is 19.7. The van der Waals surface area contributed by atoms with E-state index in [1.54, 1.807) is 11.7 Å². The second-order valence-corrected chi connectivity index (χ2v) is 8.40. The Morgan fingerprint density at radius 1 is 1.07 bits per heavy atom. The highest BCUT2D eigenvalue weighted by atomic mass is 32.2. The van der Waals surface area contributed by atoms with Gasteiger partial charge in [-0.1, -0.05) is 41.7 Å². The van der Waals surface area contributed by atoms with Gasteiger partial charge in [0.2, 0.25) is 0 Å². The highest BCUT2D eigenvalue weighted by Gasteiger charge is 2.40. The molecule has 1 aliphatic rings. The van der Waals surface area contributed by atoms with E-state index >= 15 is 0 Å². The van der Waals surface area contributed by atoms with Crippen molar-refractivity contribution in [3.8, 4) is 11.4 Å². The van der Waals surface area contributed by atoms with E-state index < -0.39 is 0 Å². The number of ether oxygens (including phenoxy) is 2. The van der Waals surface area contributed by atoms with Gasteiger partial charge in [0.25, 0.3) is 0 Å². The highest BCUT2D eigenvalue weighted by molar-refractivity contribution is 7.99. The topological polar surface area (TPSA) is 57.5 Å². The molecular formula is C21H19NO4S2. The Bertz CT molecular complexity index is 1040.